The maximum absolute atomic E-state index is 13.4. The highest BCUT2D eigenvalue weighted by Crippen LogP contribution is 2.34. The minimum Gasteiger partial charge on any atom is -0.333 e. The Balaban J connectivity index is 2.28. The molecule has 1 aliphatic carbocycles. The van der Waals surface area contributed by atoms with E-state index in [0.29, 0.717) is 12.0 Å². The number of rotatable bonds is 7. The van der Waals surface area contributed by atoms with Crippen molar-refractivity contribution in [1.82, 2.24) is 14.9 Å². The summed E-state index contributed by atoms with van der Waals surface area (Å²) in [4.78, 5) is 15.7. The molecule has 0 aliphatic heterocycles. The van der Waals surface area contributed by atoms with Gasteiger partial charge in [0.05, 0.1) is 4.90 Å². The van der Waals surface area contributed by atoms with Crippen molar-refractivity contribution in [3.63, 3.8) is 0 Å². The molecule has 1 aromatic carbocycles. The number of benzene rings is 1. The molecule has 2 amide bonds. The lowest BCUT2D eigenvalue weighted by atomic mass is 9.89. The zero-order chi connectivity index (χ0) is 22.6. The molecule has 1 aromatic rings. The minimum absolute atomic E-state index is 0.0863. The van der Waals surface area contributed by atoms with Gasteiger partial charge in [0.1, 0.15) is 0 Å². The van der Waals surface area contributed by atoms with E-state index < -0.39 is 11.0 Å². The van der Waals surface area contributed by atoms with Gasteiger partial charge >= 0.3 is 6.03 Å². The lowest BCUT2D eigenvalue weighted by molar-refractivity contribution is 0.176. The first-order valence-corrected chi connectivity index (χ1v) is 12.5. The molecule has 0 spiro atoms. The average Bonchev–Trinajstić information content (AvgIpc) is 2.66. The largest absolute Gasteiger partial charge is 0.333 e. The quantitative estimate of drug-likeness (QED) is 0.615. The van der Waals surface area contributed by atoms with Gasteiger partial charge in [0.15, 0.2) is 11.0 Å². The zero-order valence-electron chi connectivity index (χ0n) is 20.0. The normalized spacial score (nSPS) is 20.8. The van der Waals surface area contributed by atoms with Crippen LogP contribution in [0.15, 0.2) is 17.0 Å². The van der Waals surface area contributed by atoms with Crippen molar-refractivity contribution in [3.05, 3.63) is 28.8 Å². The van der Waals surface area contributed by atoms with Gasteiger partial charge in [-0.05, 0) is 61.4 Å². The standard InChI is InChI=1S/C24H41N3O2S/c1-15(2)18-13-19(16(3)4)23(20(14-18)17(5)6)30(29)26-24(28)25-21-11-9-10-12-22(21)27(7)8/h13-17,21-22H,9-12H2,1-8H3,(H2,25,26,28)/t21-,22-,30+/m1/s1. The highest BCUT2D eigenvalue weighted by atomic mass is 32.2. The molecule has 0 heterocycles. The van der Waals surface area contributed by atoms with Crippen molar-refractivity contribution >= 4 is 17.0 Å². The summed E-state index contributed by atoms with van der Waals surface area (Å²) >= 11 is 0. The van der Waals surface area contributed by atoms with Crippen LogP contribution in [-0.2, 0) is 11.0 Å². The fraction of sp³-hybridized carbons (Fsp3) is 0.708. The van der Waals surface area contributed by atoms with Crippen molar-refractivity contribution in [2.24, 2.45) is 0 Å². The molecule has 2 N–H and O–H groups in total. The number of likely N-dealkylation sites (N-methyl/N-ethyl adjacent to an activating group) is 1. The third-order valence-electron chi connectivity index (χ3n) is 6.16. The fourth-order valence-corrected chi connectivity index (χ4v) is 5.68. The van der Waals surface area contributed by atoms with E-state index in [9.17, 15) is 9.00 Å². The van der Waals surface area contributed by atoms with Gasteiger partial charge in [-0.25, -0.2) is 9.00 Å². The van der Waals surface area contributed by atoms with Gasteiger partial charge in [0.25, 0.3) is 0 Å². The summed E-state index contributed by atoms with van der Waals surface area (Å²) in [7, 11) is 2.51. The Morgan fingerprint density at radius 1 is 0.967 bits per heavy atom. The molecule has 2 rings (SSSR count). The van der Waals surface area contributed by atoms with Crippen molar-refractivity contribution in [2.75, 3.05) is 14.1 Å². The molecule has 0 saturated heterocycles. The molecule has 0 radical (unpaired) electrons. The number of urea groups is 1. The third kappa shape index (κ3) is 6.07. The maximum atomic E-state index is 13.4. The van der Waals surface area contributed by atoms with Gasteiger partial charge in [0, 0.05) is 12.1 Å². The minimum atomic E-state index is -1.60. The van der Waals surface area contributed by atoms with Crippen LogP contribution in [0.2, 0.25) is 0 Å². The van der Waals surface area contributed by atoms with Crippen LogP contribution in [0.25, 0.3) is 0 Å². The molecule has 170 valence electrons. The summed E-state index contributed by atoms with van der Waals surface area (Å²) < 4.78 is 16.1. The van der Waals surface area contributed by atoms with Crippen molar-refractivity contribution in [2.45, 2.75) is 102 Å². The van der Waals surface area contributed by atoms with Crippen LogP contribution in [0.5, 0.6) is 0 Å². The van der Waals surface area contributed by atoms with E-state index in [-0.39, 0.29) is 23.9 Å². The molecule has 30 heavy (non-hydrogen) atoms. The van der Waals surface area contributed by atoms with E-state index >= 15 is 0 Å². The van der Waals surface area contributed by atoms with Crippen molar-refractivity contribution in [3.8, 4) is 0 Å². The van der Waals surface area contributed by atoms with E-state index in [1.54, 1.807) is 0 Å². The van der Waals surface area contributed by atoms with Crippen molar-refractivity contribution < 1.29 is 9.00 Å². The molecule has 6 heteroatoms. The molecular weight excluding hydrogens is 394 g/mol. The Bertz CT molecular complexity index is 730. The molecule has 1 fully saturated rings. The number of carbonyl (C=O) groups is 1. The van der Waals surface area contributed by atoms with Crippen LogP contribution in [0.1, 0.15) is 102 Å². The topological polar surface area (TPSA) is 61.4 Å². The predicted molar refractivity (Wildman–Crippen MR) is 127 cm³/mol. The van der Waals surface area contributed by atoms with Gasteiger partial charge in [0.2, 0.25) is 0 Å². The Kier molecular flexibility index (Phi) is 8.92. The van der Waals surface area contributed by atoms with Gasteiger partial charge < -0.3 is 10.2 Å². The summed E-state index contributed by atoms with van der Waals surface area (Å²) in [6.07, 6.45) is 4.34. The Morgan fingerprint density at radius 3 is 1.97 bits per heavy atom. The molecular formula is C24H41N3O2S. The molecule has 0 bridgehead atoms. The average molecular weight is 436 g/mol. The summed E-state index contributed by atoms with van der Waals surface area (Å²) in [5, 5.41) is 3.09. The number of carbonyl (C=O) groups excluding carboxylic acids is 1. The summed E-state index contributed by atoms with van der Waals surface area (Å²) in [5.74, 6) is 0.843. The second-order valence-corrected chi connectivity index (χ2v) is 10.9. The Morgan fingerprint density at radius 2 is 1.50 bits per heavy atom. The van der Waals surface area contributed by atoms with E-state index in [0.717, 1.165) is 35.3 Å². The highest BCUT2D eigenvalue weighted by molar-refractivity contribution is 7.83. The molecule has 5 nitrogen and oxygen atoms in total. The SMILES string of the molecule is CC(C)c1cc(C(C)C)c([S@](=O)NC(=O)N[C@@H]2CCCC[C@H]2N(C)C)c(C(C)C)c1. The molecule has 1 saturated carbocycles. The van der Waals surface area contributed by atoms with Crippen LogP contribution >= 0.6 is 0 Å². The first kappa shape index (κ1) is 24.9. The molecule has 3 atom stereocenters. The van der Waals surface area contributed by atoms with Gasteiger partial charge in [-0.1, -0.05) is 66.5 Å². The smallest absolute Gasteiger partial charge is 0.327 e. The third-order valence-corrected chi connectivity index (χ3v) is 7.37. The van der Waals surface area contributed by atoms with Gasteiger partial charge in [-0.2, -0.15) is 0 Å². The number of nitrogens with one attached hydrogen (secondary N) is 2. The molecule has 0 unspecified atom stereocenters. The van der Waals surface area contributed by atoms with E-state index in [1.165, 1.54) is 12.0 Å². The van der Waals surface area contributed by atoms with Crippen LogP contribution in [-0.4, -0.2) is 41.3 Å². The lowest BCUT2D eigenvalue weighted by Crippen LogP contribution is -2.53. The number of hydrogen-bond acceptors (Lipinski definition) is 3. The maximum Gasteiger partial charge on any atom is 0.327 e. The summed E-state index contributed by atoms with van der Waals surface area (Å²) in [6.45, 7) is 12.8. The fourth-order valence-electron chi connectivity index (χ4n) is 4.33. The summed E-state index contributed by atoms with van der Waals surface area (Å²) in [5.41, 5.74) is 3.38. The van der Waals surface area contributed by atoms with Gasteiger partial charge in [-0.3, -0.25) is 4.72 Å². The summed E-state index contributed by atoms with van der Waals surface area (Å²) in [6, 6.07) is 4.39. The van der Waals surface area contributed by atoms with E-state index in [2.05, 4.69) is 82.7 Å². The molecule has 0 aromatic heterocycles. The second kappa shape index (κ2) is 10.8. The monoisotopic (exact) mass is 435 g/mol. The van der Waals surface area contributed by atoms with Crippen molar-refractivity contribution in [1.29, 1.82) is 0 Å². The van der Waals surface area contributed by atoms with Gasteiger partial charge in [-0.15, -0.1) is 0 Å². The van der Waals surface area contributed by atoms with E-state index in [4.69, 9.17) is 0 Å². The number of hydrogen-bond donors (Lipinski definition) is 2. The molecule has 1 aliphatic rings. The second-order valence-electron chi connectivity index (χ2n) is 9.76. The van der Waals surface area contributed by atoms with Crippen LogP contribution < -0.4 is 10.0 Å². The lowest BCUT2D eigenvalue weighted by Gasteiger charge is -2.36. The highest BCUT2D eigenvalue weighted by Gasteiger charge is 2.29. The first-order valence-electron chi connectivity index (χ1n) is 11.4. The van der Waals surface area contributed by atoms with Crippen LogP contribution in [0, 0.1) is 0 Å². The predicted octanol–water partition coefficient (Wildman–Crippen LogP) is 5.25. The Labute approximate surface area is 186 Å². The zero-order valence-corrected chi connectivity index (χ0v) is 20.9. The number of nitrogens with zero attached hydrogens (tertiary/aromatic N) is 1. The van der Waals surface area contributed by atoms with E-state index in [1.807, 2.05) is 0 Å². The van der Waals surface area contributed by atoms with Crippen LogP contribution in [0.3, 0.4) is 0 Å². The first-order chi connectivity index (χ1) is 14.0. The Hall–Kier alpha value is -1.40. The number of amides is 2. The van der Waals surface area contributed by atoms with Crippen LogP contribution in [0.4, 0.5) is 4.79 Å².